The van der Waals surface area contributed by atoms with Crippen molar-refractivity contribution < 1.29 is 8.78 Å². The van der Waals surface area contributed by atoms with Crippen LogP contribution < -0.4 is 0 Å². The van der Waals surface area contributed by atoms with E-state index < -0.39 is 11.6 Å². The predicted molar refractivity (Wildman–Crippen MR) is 82.7 cm³/mol. The molecule has 5 heteroatoms. The molecule has 2 nitrogen and oxygen atoms in total. The molecule has 1 heterocycles. The normalized spacial score (nSPS) is 12.6. The fourth-order valence-electron chi connectivity index (χ4n) is 2.24. The molecular formula is C16H21ClF2N2. The molecule has 0 amide bonds. The van der Waals surface area contributed by atoms with Gasteiger partial charge in [0.1, 0.15) is 17.2 Å². The Morgan fingerprint density at radius 1 is 1.29 bits per heavy atom. The number of nitrogens with zero attached hydrogens (tertiary/aromatic N) is 2. The Morgan fingerprint density at radius 2 is 1.95 bits per heavy atom. The number of benzene rings is 1. The second-order valence-electron chi connectivity index (χ2n) is 6.45. The molecule has 0 spiro atoms. The van der Waals surface area contributed by atoms with Crippen molar-refractivity contribution >= 4 is 22.6 Å². The molecule has 116 valence electrons. The molecule has 0 unspecified atom stereocenters. The maximum atomic E-state index is 13.9. The molecule has 0 N–H and O–H groups in total. The number of alkyl halides is 1. The van der Waals surface area contributed by atoms with E-state index in [1.165, 1.54) is 6.07 Å². The van der Waals surface area contributed by atoms with Crippen molar-refractivity contribution in [3.8, 4) is 0 Å². The van der Waals surface area contributed by atoms with Crippen molar-refractivity contribution in [3.63, 3.8) is 0 Å². The Labute approximate surface area is 129 Å². The van der Waals surface area contributed by atoms with E-state index in [1.807, 2.05) is 4.57 Å². The van der Waals surface area contributed by atoms with Gasteiger partial charge in [0.05, 0.1) is 5.52 Å². The van der Waals surface area contributed by atoms with Gasteiger partial charge in [-0.2, -0.15) is 0 Å². The minimum atomic E-state index is -0.623. The minimum Gasteiger partial charge on any atom is -0.327 e. The average molecular weight is 315 g/mol. The average Bonchev–Trinajstić information content (AvgIpc) is 2.68. The Balaban J connectivity index is 2.61. The lowest BCUT2D eigenvalue weighted by Crippen LogP contribution is -2.26. The van der Waals surface area contributed by atoms with Crippen molar-refractivity contribution in [2.45, 2.75) is 40.7 Å². The van der Waals surface area contributed by atoms with E-state index in [-0.39, 0.29) is 10.9 Å². The van der Waals surface area contributed by atoms with Crippen molar-refractivity contribution in [2.75, 3.05) is 5.88 Å². The molecule has 0 aliphatic rings. The fraction of sp³-hybridized carbons (Fsp3) is 0.562. The number of fused-ring (bicyclic) bond motifs is 1. The molecule has 0 bridgehead atoms. The summed E-state index contributed by atoms with van der Waals surface area (Å²) in [6.45, 7) is 9.21. The molecule has 1 aromatic heterocycles. The van der Waals surface area contributed by atoms with Crippen molar-refractivity contribution in [3.05, 3.63) is 29.6 Å². The number of halogens is 3. The van der Waals surface area contributed by atoms with Gasteiger partial charge in [-0.05, 0) is 17.4 Å². The summed E-state index contributed by atoms with van der Waals surface area (Å²) in [5.41, 5.74) is 0.703. The van der Waals surface area contributed by atoms with Crippen molar-refractivity contribution in [1.29, 1.82) is 0 Å². The zero-order valence-corrected chi connectivity index (χ0v) is 13.6. The van der Waals surface area contributed by atoms with Gasteiger partial charge >= 0.3 is 0 Å². The number of imidazole rings is 1. The molecular weight excluding hydrogens is 294 g/mol. The van der Waals surface area contributed by atoms with Gasteiger partial charge in [-0.15, -0.1) is 11.6 Å². The quantitative estimate of drug-likeness (QED) is 0.726. The van der Waals surface area contributed by atoms with Crippen LogP contribution in [0.3, 0.4) is 0 Å². The Kier molecular flexibility index (Phi) is 4.57. The van der Waals surface area contributed by atoms with Gasteiger partial charge in [0.2, 0.25) is 0 Å². The predicted octanol–water partition coefficient (Wildman–Crippen LogP) is 4.78. The summed E-state index contributed by atoms with van der Waals surface area (Å²) in [5, 5.41) is 0. The third-order valence-electron chi connectivity index (χ3n) is 4.30. The molecule has 0 aliphatic carbocycles. The molecule has 0 radical (unpaired) electrons. The topological polar surface area (TPSA) is 17.8 Å². The third kappa shape index (κ3) is 3.20. The first-order chi connectivity index (χ1) is 9.76. The number of hydrogen-bond acceptors (Lipinski definition) is 1. The maximum Gasteiger partial charge on any atom is 0.153 e. The largest absolute Gasteiger partial charge is 0.327 e. The van der Waals surface area contributed by atoms with E-state index in [4.69, 9.17) is 11.6 Å². The lowest BCUT2D eigenvalue weighted by Gasteiger charge is -2.30. The monoisotopic (exact) mass is 314 g/mol. The highest BCUT2D eigenvalue weighted by atomic mass is 35.5. The van der Waals surface area contributed by atoms with E-state index in [0.717, 1.165) is 6.07 Å². The SMILES string of the molecule is CC(C)C(C)(C)Cn1c(CCCl)nc2c(F)cc(F)cc21. The molecule has 1 aromatic carbocycles. The summed E-state index contributed by atoms with van der Waals surface area (Å²) in [7, 11) is 0. The maximum absolute atomic E-state index is 13.9. The van der Waals surface area contributed by atoms with Gasteiger partial charge in [-0.3, -0.25) is 0 Å². The first-order valence-electron chi connectivity index (χ1n) is 7.16. The van der Waals surface area contributed by atoms with Crippen LogP contribution in [0.4, 0.5) is 8.78 Å². The highest BCUT2D eigenvalue weighted by Gasteiger charge is 2.26. The zero-order chi connectivity index (χ0) is 15.8. The number of hydrogen-bond donors (Lipinski definition) is 0. The van der Waals surface area contributed by atoms with Gasteiger partial charge in [0.25, 0.3) is 0 Å². The fourth-order valence-corrected chi connectivity index (χ4v) is 2.41. The van der Waals surface area contributed by atoms with Gasteiger partial charge < -0.3 is 4.57 Å². The van der Waals surface area contributed by atoms with E-state index in [0.29, 0.717) is 36.1 Å². The van der Waals surface area contributed by atoms with E-state index in [9.17, 15) is 8.78 Å². The first kappa shape index (κ1) is 16.2. The molecule has 2 rings (SSSR count). The molecule has 0 saturated carbocycles. The van der Waals surface area contributed by atoms with Gasteiger partial charge in [-0.1, -0.05) is 27.7 Å². The molecule has 0 saturated heterocycles. The summed E-state index contributed by atoms with van der Waals surface area (Å²) in [6.07, 6.45) is 0.533. The standard InChI is InChI=1S/C16H21ClF2N2/c1-10(2)16(3,4)9-21-13-8-11(18)7-12(19)15(13)20-14(21)5-6-17/h7-8,10H,5-6,9H2,1-4H3. The Hall–Kier alpha value is -1.16. The zero-order valence-electron chi connectivity index (χ0n) is 12.9. The second-order valence-corrected chi connectivity index (χ2v) is 6.83. The van der Waals surface area contributed by atoms with Crippen LogP contribution in [-0.2, 0) is 13.0 Å². The molecule has 2 aromatic rings. The molecule has 0 atom stereocenters. The van der Waals surface area contributed by atoms with Crippen LogP contribution in [-0.4, -0.2) is 15.4 Å². The highest BCUT2D eigenvalue weighted by molar-refractivity contribution is 6.17. The Morgan fingerprint density at radius 3 is 2.52 bits per heavy atom. The lowest BCUT2D eigenvalue weighted by molar-refractivity contribution is 0.210. The summed E-state index contributed by atoms with van der Waals surface area (Å²) in [4.78, 5) is 4.32. The lowest BCUT2D eigenvalue weighted by atomic mass is 9.81. The molecule has 0 fully saturated rings. The van der Waals surface area contributed by atoms with Crippen molar-refractivity contribution in [1.82, 2.24) is 9.55 Å². The summed E-state index contributed by atoms with van der Waals surface area (Å²) in [6, 6.07) is 2.22. The van der Waals surface area contributed by atoms with Gasteiger partial charge in [0, 0.05) is 24.9 Å². The summed E-state index contributed by atoms with van der Waals surface area (Å²) >= 11 is 5.82. The van der Waals surface area contributed by atoms with Crippen LogP contribution in [0.2, 0.25) is 0 Å². The van der Waals surface area contributed by atoms with Crippen LogP contribution in [0.15, 0.2) is 12.1 Å². The number of rotatable bonds is 5. The number of aromatic nitrogens is 2. The third-order valence-corrected chi connectivity index (χ3v) is 4.49. The second kappa shape index (κ2) is 5.91. The number of aryl methyl sites for hydroxylation is 1. The summed E-state index contributed by atoms with van der Waals surface area (Å²) < 4.78 is 29.4. The van der Waals surface area contributed by atoms with E-state index in [2.05, 4.69) is 32.7 Å². The molecule has 0 aliphatic heterocycles. The van der Waals surface area contributed by atoms with Crippen molar-refractivity contribution in [2.24, 2.45) is 11.3 Å². The van der Waals surface area contributed by atoms with Gasteiger partial charge in [-0.25, -0.2) is 13.8 Å². The first-order valence-corrected chi connectivity index (χ1v) is 7.70. The highest BCUT2D eigenvalue weighted by Crippen LogP contribution is 2.31. The van der Waals surface area contributed by atoms with Crippen LogP contribution >= 0.6 is 11.6 Å². The molecule has 21 heavy (non-hydrogen) atoms. The summed E-state index contributed by atoms with van der Waals surface area (Å²) in [5.74, 6) is 0.327. The van der Waals surface area contributed by atoms with Crippen LogP contribution in [0.1, 0.15) is 33.5 Å². The van der Waals surface area contributed by atoms with E-state index in [1.54, 1.807) is 0 Å². The van der Waals surface area contributed by atoms with Crippen LogP contribution in [0, 0.1) is 23.0 Å². The van der Waals surface area contributed by atoms with Gasteiger partial charge in [0.15, 0.2) is 5.82 Å². The van der Waals surface area contributed by atoms with Crippen LogP contribution in [0.25, 0.3) is 11.0 Å². The Bertz CT molecular complexity index is 647. The van der Waals surface area contributed by atoms with Crippen LogP contribution in [0.5, 0.6) is 0 Å². The smallest absolute Gasteiger partial charge is 0.153 e. The van der Waals surface area contributed by atoms with E-state index >= 15 is 0 Å². The minimum absolute atomic E-state index is 0.0164.